The van der Waals surface area contributed by atoms with Gasteiger partial charge in [-0.2, -0.15) is 0 Å². The van der Waals surface area contributed by atoms with Gasteiger partial charge in [-0.15, -0.1) is 0 Å². The van der Waals surface area contributed by atoms with Gasteiger partial charge in [0.25, 0.3) is 5.91 Å². The summed E-state index contributed by atoms with van der Waals surface area (Å²) in [5.74, 6) is -0.558. The lowest BCUT2D eigenvalue weighted by molar-refractivity contribution is -0.857. The molecule has 32 heavy (non-hydrogen) atoms. The van der Waals surface area contributed by atoms with E-state index in [4.69, 9.17) is 14.2 Å². The smallest absolute Gasteiger partial charge is 0.295 e. The van der Waals surface area contributed by atoms with Crippen molar-refractivity contribution in [3.8, 4) is 17.2 Å². The Morgan fingerprint density at radius 2 is 1.69 bits per heavy atom. The third-order valence-corrected chi connectivity index (χ3v) is 5.45. The molecule has 1 saturated heterocycles. The lowest BCUT2D eigenvalue weighted by Gasteiger charge is -2.29. The Kier molecular flexibility index (Phi) is 7.05. The number of ether oxygens (including phenoxy) is 3. The zero-order chi connectivity index (χ0) is 23.4. The standard InChI is InChI=1S/C24H28N2O6/c1-25(2)11-12-26-21(18-14-17(31-4)9-10-19(18)32-5)20(23(28)24(26)29)22(27)15-7-6-8-16(13-15)30-3/h6-10,13-14,21,27H,11-12H2,1-5H3/b22-20+. The summed E-state index contributed by atoms with van der Waals surface area (Å²) in [7, 11) is 8.43. The summed E-state index contributed by atoms with van der Waals surface area (Å²) < 4.78 is 16.1. The van der Waals surface area contributed by atoms with Gasteiger partial charge >= 0.3 is 0 Å². The van der Waals surface area contributed by atoms with Crippen molar-refractivity contribution in [2.45, 2.75) is 6.04 Å². The minimum absolute atomic E-state index is 0.108. The minimum Gasteiger partial charge on any atom is -0.872 e. The first-order valence-corrected chi connectivity index (χ1v) is 10.2. The Hall–Kier alpha value is -3.52. The number of nitrogens with zero attached hydrogens (tertiary/aromatic N) is 1. The number of likely N-dealkylation sites (tertiary alicyclic amines) is 1. The van der Waals surface area contributed by atoms with Crippen LogP contribution < -0.4 is 24.2 Å². The molecule has 0 aliphatic carbocycles. The highest BCUT2D eigenvalue weighted by atomic mass is 16.5. The molecule has 1 aliphatic rings. The number of Topliss-reactive ketones (excluding diaryl/α,β-unsaturated/α-hetero) is 1. The van der Waals surface area contributed by atoms with Gasteiger partial charge in [0.1, 0.15) is 17.2 Å². The van der Waals surface area contributed by atoms with E-state index in [9.17, 15) is 14.7 Å². The highest BCUT2D eigenvalue weighted by molar-refractivity contribution is 6.46. The second kappa shape index (κ2) is 9.74. The molecule has 1 heterocycles. The van der Waals surface area contributed by atoms with Crippen LogP contribution in [0, 0.1) is 0 Å². The Morgan fingerprint density at radius 1 is 1.00 bits per heavy atom. The number of carbonyl (C=O) groups excluding carboxylic acids is 2. The lowest BCUT2D eigenvalue weighted by atomic mass is 9.94. The summed E-state index contributed by atoms with van der Waals surface area (Å²) >= 11 is 0. The van der Waals surface area contributed by atoms with Crippen LogP contribution in [0.25, 0.3) is 5.76 Å². The molecule has 2 aromatic carbocycles. The third-order valence-electron chi connectivity index (χ3n) is 5.45. The average molecular weight is 440 g/mol. The molecule has 1 N–H and O–H groups in total. The second-order valence-electron chi connectivity index (χ2n) is 7.77. The van der Waals surface area contributed by atoms with E-state index in [0.717, 1.165) is 4.90 Å². The van der Waals surface area contributed by atoms with Gasteiger partial charge in [-0.05, 0) is 35.9 Å². The summed E-state index contributed by atoms with van der Waals surface area (Å²) in [5.41, 5.74) is 0.682. The van der Waals surface area contributed by atoms with Gasteiger partial charge in [-0.1, -0.05) is 17.9 Å². The van der Waals surface area contributed by atoms with Crippen molar-refractivity contribution in [2.75, 3.05) is 48.5 Å². The van der Waals surface area contributed by atoms with Crippen LogP contribution in [-0.2, 0) is 9.59 Å². The predicted molar refractivity (Wildman–Crippen MR) is 117 cm³/mol. The van der Waals surface area contributed by atoms with Gasteiger partial charge < -0.3 is 29.1 Å². The third kappa shape index (κ3) is 4.40. The van der Waals surface area contributed by atoms with E-state index in [1.54, 1.807) is 42.5 Å². The Bertz CT molecular complexity index is 1050. The van der Waals surface area contributed by atoms with E-state index < -0.39 is 23.5 Å². The van der Waals surface area contributed by atoms with Crippen LogP contribution in [0.5, 0.6) is 17.2 Å². The molecule has 1 fully saturated rings. The van der Waals surface area contributed by atoms with E-state index in [-0.39, 0.29) is 11.1 Å². The molecule has 3 rings (SSSR count). The summed E-state index contributed by atoms with van der Waals surface area (Å²) in [6.45, 7) is 0.898. The first kappa shape index (κ1) is 23.1. The van der Waals surface area contributed by atoms with Crippen LogP contribution in [0.4, 0.5) is 0 Å². The topological polar surface area (TPSA) is 92.6 Å². The summed E-state index contributed by atoms with van der Waals surface area (Å²) in [4.78, 5) is 28.7. The molecule has 0 bridgehead atoms. The number of hydrogen-bond donors (Lipinski definition) is 1. The van der Waals surface area contributed by atoms with Crippen LogP contribution in [-0.4, -0.2) is 65.1 Å². The van der Waals surface area contributed by atoms with Crippen LogP contribution in [0.3, 0.4) is 0 Å². The van der Waals surface area contributed by atoms with Gasteiger partial charge in [0.2, 0.25) is 5.78 Å². The molecule has 2 aromatic rings. The molecule has 1 aliphatic heterocycles. The fourth-order valence-corrected chi connectivity index (χ4v) is 3.74. The fraction of sp³-hybridized carbons (Fsp3) is 0.333. The Balaban J connectivity index is 2.24. The zero-order valence-corrected chi connectivity index (χ0v) is 18.9. The van der Waals surface area contributed by atoms with Crippen LogP contribution in [0.2, 0.25) is 0 Å². The number of likely N-dealkylation sites (N-methyl/N-ethyl adjacent to an activating group) is 1. The molecular weight excluding hydrogens is 412 g/mol. The van der Waals surface area contributed by atoms with Crippen LogP contribution >= 0.6 is 0 Å². The zero-order valence-electron chi connectivity index (χ0n) is 18.9. The maximum atomic E-state index is 13.5. The summed E-state index contributed by atoms with van der Waals surface area (Å²) in [6, 6.07) is 10.8. The second-order valence-corrected chi connectivity index (χ2v) is 7.77. The van der Waals surface area contributed by atoms with Gasteiger partial charge in [0.05, 0.1) is 54.6 Å². The summed E-state index contributed by atoms with van der Waals surface area (Å²) in [6.07, 6.45) is 0. The van der Waals surface area contributed by atoms with Crippen molar-refractivity contribution in [3.63, 3.8) is 0 Å². The predicted octanol–water partition coefficient (Wildman–Crippen LogP) is 0.0809. The molecular formula is C24H28N2O6. The Morgan fingerprint density at radius 3 is 2.31 bits per heavy atom. The van der Waals surface area contributed by atoms with Gasteiger partial charge in [-0.3, -0.25) is 9.59 Å². The van der Waals surface area contributed by atoms with Gasteiger partial charge in [-0.25, -0.2) is 0 Å². The van der Waals surface area contributed by atoms with Crippen molar-refractivity contribution in [1.29, 1.82) is 0 Å². The first-order valence-electron chi connectivity index (χ1n) is 10.2. The normalized spacial score (nSPS) is 17.7. The maximum Gasteiger partial charge on any atom is 0.295 e. The number of ketones is 1. The number of hydrogen-bond acceptors (Lipinski definition) is 6. The van der Waals surface area contributed by atoms with E-state index in [2.05, 4.69) is 0 Å². The van der Waals surface area contributed by atoms with E-state index in [1.165, 1.54) is 26.2 Å². The fourth-order valence-electron chi connectivity index (χ4n) is 3.74. The highest BCUT2D eigenvalue weighted by Crippen LogP contribution is 2.43. The largest absolute Gasteiger partial charge is 0.872 e. The number of amides is 1. The molecule has 0 spiro atoms. The summed E-state index contributed by atoms with van der Waals surface area (Å²) in [5, 5.41) is 13.5. The lowest BCUT2D eigenvalue weighted by Crippen LogP contribution is -3.06. The highest BCUT2D eigenvalue weighted by Gasteiger charge is 2.45. The Labute approximate surface area is 187 Å². The molecule has 1 atom stereocenters. The average Bonchev–Trinajstić information content (AvgIpc) is 3.06. The molecule has 8 heteroatoms. The molecule has 0 saturated carbocycles. The van der Waals surface area contributed by atoms with Crippen LogP contribution in [0.1, 0.15) is 17.2 Å². The molecule has 0 aromatic heterocycles. The maximum absolute atomic E-state index is 13.5. The van der Waals surface area contributed by atoms with E-state index >= 15 is 0 Å². The van der Waals surface area contributed by atoms with E-state index in [1.807, 2.05) is 14.1 Å². The molecule has 8 nitrogen and oxygen atoms in total. The number of quaternary nitrogens is 1. The van der Waals surface area contributed by atoms with Crippen molar-refractivity contribution in [2.24, 2.45) is 0 Å². The molecule has 170 valence electrons. The number of rotatable bonds is 8. The van der Waals surface area contributed by atoms with Crippen molar-refractivity contribution >= 4 is 17.4 Å². The number of nitrogens with one attached hydrogen (secondary N) is 1. The molecule has 0 radical (unpaired) electrons. The van der Waals surface area contributed by atoms with Gasteiger partial charge in [0.15, 0.2) is 0 Å². The number of benzene rings is 2. The van der Waals surface area contributed by atoms with Gasteiger partial charge in [0, 0.05) is 11.1 Å². The van der Waals surface area contributed by atoms with Crippen molar-refractivity contribution in [1.82, 2.24) is 4.90 Å². The quantitative estimate of drug-likeness (QED) is 0.355. The van der Waals surface area contributed by atoms with E-state index in [0.29, 0.717) is 35.9 Å². The number of carbonyl (C=O) groups is 2. The minimum atomic E-state index is -0.891. The SMILES string of the molecule is COc1cccc(/C([O-])=C2\C(=O)C(=O)N(CC[NH+](C)C)C2c2cc(OC)ccc2OC)c1. The van der Waals surface area contributed by atoms with Crippen molar-refractivity contribution < 1.29 is 33.8 Å². The number of methoxy groups -OCH3 is 3. The van der Waals surface area contributed by atoms with Crippen LogP contribution in [0.15, 0.2) is 48.0 Å². The first-order chi connectivity index (χ1) is 15.3. The molecule has 1 unspecified atom stereocenters. The monoisotopic (exact) mass is 440 g/mol. The van der Waals surface area contributed by atoms with Crippen molar-refractivity contribution in [3.05, 3.63) is 59.2 Å². The molecule has 1 amide bonds.